The van der Waals surface area contributed by atoms with Gasteiger partial charge in [0.25, 0.3) is 0 Å². The van der Waals surface area contributed by atoms with E-state index >= 15 is 0 Å². The quantitative estimate of drug-likeness (QED) is 0.912. The van der Waals surface area contributed by atoms with Crippen molar-refractivity contribution in [3.05, 3.63) is 51.7 Å². The van der Waals surface area contributed by atoms with E-state index in [0.29, 0.717) is 17.7 Å². The van der Waals surface area contributed by atoms with Gasteiger partial charge in [-0.15, -0.1) is 11.3 Å². The summed E-state index contributed by atoms with van der Waals surface area (Å²) < 4.78 is 0. The van der Waals surface area contributed by atoms with Crippen LogP contribution in [0.4, 0.5) is 0 Å². The second kappa shape index (κ2) is 5.64. The first-order valence-electron chi connectivity index (χ1n) is 8.67. The number of thiophene rings is 1. The third-order valence-corrected chi connectivity index (χ3v) is 7.27. The lowest BCUT2D eigenvalue weighted by Crippen LogP contribution is -2.58. The molecule has 2 heterocycles. The van der Waals surface area contributed by atoms with Gasteiger partial charge in [-0.05, 0) is 71.8 Å². The number of phenols is 1. The molecular weight excluding hydrogens is 302 g/mol. The van der Waals surface area contributed by atoms with E-state index in [0.717, 1.165) is 6.42 Å². The minimum atomic E-state index is 0.205. The number of hydrogen-bond donors (Lipinski definition) is 1. The fraction of sp³-hybridized carbons (Fsp3) is 0.500. The summed E-state index contributed by atoms with van der Waals surface area (Å²) in [7, 11) is 0. The predicted molar refractivity (Wildman–Crippen MR) is 96.3 cm³/mol. The molecule has 1 aliphatic heterocycles. The van der Waals surface area contributed by atoms with Gasteiger partial charge < -0.3 is 5.11 Å². The van der Waals surface area contributed by atoms with Crippen LogP contribution < -0.4 is 0 Å². The van der Waals surface area contributed by atoms with Crippen LogP contribution in [-0.2, 0) is 18.3 Å². The van der Waals surface area contributed by atoms with Crippen LogP contribution in [0.25, 0.3) is 0 Å². The average Bonchev–Trinajstić information content (AvgIpc) is 3.04. The molecule has 0 spiro atoms. The normalized spacial score (nSPS) is 30.2. The summed E-state index contributed by atoms with van der Waals surface area (Å²) in [6.45, 7) is 7.15. The number of aromatic hydroxyl groups is 1. The first kappa shape index (κ1) is 15.2. The topological polar surface area (TPSA) is 23.5 Å². The Hall–Kier alpha value is -1.32. The van der Waals surface area contributed by atoms with Crippen LogP contribution in [0.2, 0.25) is 0 Å². The Morgan fingerprint density at radius 1 is 1.35 bits per heavy atom. The van der Waals surface area contributed by atoms with E-state index in [-0.39, 0.29) is 5.41 Å². The molecule has 1 aromatic carbocycles. The average molecular weight is 327 g/mol. The summed E-state index contributed by atoms with van der Waals surface area (Å²) in [5, 5.41) is 12.1. The van der Waals surface area contributed by atoms with Crippen LogP contribution >= 0.6 is 11.3 Å². The van der Waals surface area contributed by atoms with Gasteiger partial charge in [-0.1, -0.05) is 26.0 Å². The Balaban J connectivity index is 1.59. The van der Waals surface area contributed by atoms with Gasteiger partial charge in [0.2, 0.25) is 0 Å². The first-order chi connectivity index (χ1) is 11.1. The van der Waals surface area contributed by atoms with E-state index in [9.17, 15) is 5.11 Å². The molecule has 4 rings (SSSR count). The van der Waals surface area contributed by atoms with Gasteiger partial charge in [0.15, 0.2) is 0 Å². The number of nitrogens with zero attached hydrogens (tertiary/aromatic N) is 1. The molecule has 1 aromatic heterocycles. The van der Waals surface area contributed by atoms with E-state index in [1.165, 1.54) is 41.9 Å². The minimum absolute atomic E-state index is 0.205. The minimum Gasteiger partial charge on any atom is -0.508 e. The molecule has 2 nitrogen and oxygen atoms in total. The van der Waals surface area contributed by atoms with Gasteiger partial charge in [-0.2, -0.15) is 0 Å². The van der Waals surface area contributed by atoms with Crippen molar-refractivity contribution in [1.82, 2.24) is 4.90 Å². The van der Waals surface area contributed by atoms with Crippen molar-refractivity contribution in [2.45, 2.75) is 44.6 Å². The lowest BCUT2D eigenvalue weighted by atomic mass is 9.59. The van der Waals surface area contributed by atoms with Crippen LogP contribution in [0.5, 0.6) is 5.75 Å². The van der Waals surface area contributed by atoms with Gasteiger partial charge in [0.1, 0.15) is 5.75 Å². The van der Waals surface area contributed by atoms with Crippen molar-refractivity contribution in [2.75, 3.05) is 13.1 Å². The van der Waals surface area contributed by atoms with Crippen LogP contribution in [0, 0.1) is 5.92 Å². The van der Waals surface area contributed by atoms with Gasteiger partial charge in [-0.3, -0.25) is 4.90 Å². The molecule has 2 bridgehead atoms. The molecule has 1 fully saturated rings. The molecule has 1 unspecified atom stereocenters. The molecule has 2 aromatic rings. The Bertz CT molecular complexity index is 696. The van der Waals surface area contributed by atoms with Crippen LogP contribution in [0.3, 0.4) is 0 Å². The monoisotopic (exact) mass is 327 g/mol. The van der Waals surface area contributed by atoms with E-state index in [1.807, 2.05) is 23.5 Å². The summed E-state index contributed by atoms with van der Waals surface area (Å²) in [5.41, 5.74) is 3.03. The molecule has 3 atom stereocenters. The highest BCUT2D eigenvalue weighted by molar-refractivity contribution is 7.09. The molecular formula is C20H25NOS. The molecule has 122 valence electrons. The standard InChI is InChI=1S/C20H25NOS/c1-14-19-12-15-5-6-16(22)13-18(15)20(14,2)8-10-21(19)9-7-17-4-3-11-23-17/h3-6,11,13-14,19,22H,7-10,12H2,1-2H3/t14-,19?,20-/m0/s1. The fourth-order valence-corrected chi connectivity index (χ4v) is 5.38. The summed E-state index contributed by atoms with van der Waals surface area (Å²) in [6.07, 6.45) is 3.47. The summed E-state index contributed by atoms with van der Waals surface area (Å²) in [4.78, 5) is 4.20. The maximum absolute atomic E-state index is 9.92. The second-order valence-electron chi connectivity index (χ2n) is 7.43. The molecule has 1 N–H and O–H groups in total. The van der Waals surface area contributed by atoms with E-state index in [1.54, 1.807) is 0 Å². The summed E-state index contributed by atoms with van der Waals surface area (Å²) in [5.74, 6) is 1.05. The molecule has 1 aliphatic carbocycles. The Labute approximate surface area is 142 Å². The molecule has 0 saturated carbocycles. The number of likely N-dealkylation sites (tertiary alicyclic amines) is 1. The molecule has 0 amide bonds. The lowest BCUT2D eigenvalue weighted by Gasteiger charge is -2.54. The smallest absolute Gasteiger partial charge is 0.115 e. The highest BCUT2D eigenvalue weighted by atomic mass is 32.1. The van der Waals surface area contributed by atoms with E-state index < -0.39 is 0 Å². The Morgan fingerprint density at radius 3 is 3.00 bits per heavy atom. The van der Waals surface area contributed by atoms with Crippen molar-refractivity contribution >= 4 is 11.3 Å². The molecule has 23 heavy (non-hydrogen) atoms. The van der Waals surface area contributed by atoms with E-state index in [2.05, 4.69) is 42.3 Å². The summed E-state index contributed by atoms with van der Waals surface area (Å²) >= 11 is 1.87. The number of piperidine rings is 1. The highest BCUT2D eigenvalue weighted by Crippen LogP contribution is 2.49. The zero-order valence-corrected chi connectivity index (χ0v) is 14.8. The van der Waals surface area contributed by atoms with Crippen molar-refractivity contribution in [2.24, 2.45) is 5.92 Å². The maximum atomic E-state index is 9.92. The number of phenolic OH excluding ortho intramolecular Hbond substituents is 1. The van der Waals surface area contributed by atoms with Gasteiger partial charge >= 0.3 is 0 Å². The number of rotatable bonds is 3. The van der Waals surface area contributed by atoms with E-state index in [4.69, 9.17) is 0 Å². The largest absolute Gasteiger partial charge is 0.508 e. The van der Waals surface area contributed by atoms with Crippen molar-refractivity contribution in [3.63, 3.8) is 0 Å². The molecule has 0 radical (unpaired) electrons. The zero-order valence-electron chi connectivity index (χ0n) is 14.0. The van der Waals surface area contributed by atoms with Crippen molar-refractivity contribution < 1.29 is 5.11 Å². The lowest BCUT2D eigenvalue weighted by molar-refractivity contribution is 0.0323. The van der Waals surface area contributed by atoms with Crippen LogP contribution in [-0.4, -0.2) is 29.1 Å². The maximum Gasteiger partial charge on any atom is 0.115 e. The first-order valence-corrected chi connectivity index (χ1v) is 9.55. The van der Waals surface area contributed by atoms with Gasteiger partial charge in [0, 0.05) is 17.5 Å². The van der Waals surface area contributed by atoms with Gasteiger partial charge in [-0.25, -0.2) is 0 Å². The number of benzene rings is 1. The van der Waals surface area contributed by atoms with Crippen molar-refractivity contribution in [1.29, 1.82) is 0 Å². The Morgan fingerprint density at radius 2 is 2.22 bits per heavy atom. The molecule has 3 heteroatoms. The van der Waals surface area contributed by atoms with Crippen LogP contribution in [0.1, 0.15) is 36.3 Å². The predicted octanol–water partition coefficient (Wildman–Crippen LogP) is 4.22. The highest BCUT2D eigenvalue weighted by Gasteiger charge is 2.48. The van der Waals surface area contributed by atoms with Gasteiger partial charge in [0.05, 0.1) is 0 Å². The molecule has 1 saturated heterocycles. The zero-order chi connectivity index (χ0) is 16.0. The number of fused-ring (bicyclic) bond motifs is 4. The Kier molecular flexibility index (Phi) is 3.73. The van der Waals surface area contributed by atoms with Crippen LogP contribution in [0.15, 0.2) is 35.7 Å². The molecule has 2 aliphatic rings. The fourth-order valence-electron chi connectivity index (χ4n) is 4.68. The third-order valence-electron chi connectivity index (χ3n) is 6.33. The SMILES string of the molecule is C[C@H]1C2Cc3ccc(O)cc3[C@@]1(C)CCN2CCc1cccs1. The second-order valence-corrected chi connectivity index (χ2v) is 8.47. The van der Waals surface area contributed by atoms with Crippen molar-refractivity contribution in [3.8, 4) is 5.75 Å². The number of hydrogen-bond acceptors (Lipinski definition) is 3. The third kappa shape index (κ3) is 2.50. The summed E-state index contributed by atoms with van der Waals surface area (Å²) in [6, 6.07) is 11.0.